The number of benzene rings is 1. The van der Waals surface area contributed by atoms with Crippen LogP contribution >= 0.6 is 35.6 Å². The maximum Gasteiger partial charge on any atom is 0.191 e. The minimum atomic E-state index is 0. The van der Waals surface area contributed by atoms with Gasteiger partial charge in [0.1, 0.15) is 0 Å². The molecule has 140 valence electrons. The minimum absolute atomic E-state index is 0. The van der Waals surface area contributed by atoms with Gasteiger partial charge in [0.15, 0.2) is 5.96 Å². The lowest BCUT2D eigenvalue weighted by molar-refractivity contribution is 0.426. The van der Waals surface area contributed by atoms with Crippen LogP contribution in [0.15, 0.2) is 23.2 Å². The van der Waals surface area contributed by atoms with Crippen LogP contribution in [0.25, 0.3) is 0 Å². The molecule has 2 fully saturated rings. The molecule has 1 aromatic carbocycles. The van der Waals surface area contributed by atoms with E-state index in [0.29, 0.717) is 5.92 Å². The first-order valence-electron chi connectivity index (χ1n) is 9.19. The van der Waals surface area contributed by atoms with E-state index < -0.39 is 0 Å². The van der Waals surface area contributed by atoms with Crippen molar-refractivity contribution in [2.45, 2.75) is 39.0 Å². The Kier molecular flexibility index (Phi) is 8.13. The van der Waals surface area contributed by atoms with Crippen molar-refractivity contribution in [1.82, 2.24) is 4.90 Å². The van der Waals surface area contributed by atoms with E-state index in [4.69, 9.17) is 22.3 Å². The summed E-state index contributed by atoms with van der Waals surface area (Å²) in [5.41, 5.74) is 8.77. The summed E-state index contributed by atoms with van der Waals surface area (Å²) < 4.78 is 0. The average molecular weight is 477 g/mol. The fourth-order valence-corrected chi connectivity index (χ4v) is 3.91. The molecule has 1 aromatic rings. The summed E-state index contributed by atoms with van der Waals surface area (Å²) in [7, 11) is 0. The molecule has 25 heavy (non-hydrogen) atoms. The highest BCUT2D eigenvalue weighted by atomic mass is 127. The van der Waals surface area contributed by atoms with Gasteiger partial charge in [-0.25, -0.2) is 0 Å². The van der Waals surface area contributed by atoms with Crippen LogP contribution < -0.4 is 10.6 Å². The van der Waals surface area contributed by atoms with Crippen molar-refractivity contribution >= 4 is 47.2 Å². The molecule has 2 N–H and O–H groups in total. The van der Waals surface area contributed by atoms with E-state index in [0.717, 1.165) is 43.7 Å². The zero-order chi connectivity index (χ0) is 16.9. The largest absolute Gasteiger partial charge is 0.371 e. The van der Waals surface area contributed by atoms with E-state index in [-0.39, 0.29) is 24.0 Å². The highest BCUT2D eigenvalue weighted by molar-refractivity contribution is 14.0. The summed E-state index contributed by atoms with van der Waals surface area (Å²) in [6.07, 6.45) is 6.28. The zero-order valence-corrected chi connectivity index (χ0v) is 18.2. The van der Waals surface area contributed by atoms with Crippen LogP contribution in [0.4, 0.5) is 5.69 Å². The van der Waals surface area contributed by atoms with E-state index in [1.54, 1.807) is 0 Å². The molecule has 0 bridgehead atoms. The smallest absolute Gasteiger partial charge is 0.191 e. The van der Waals surface area contributed by atoms with Gasteiger partial charge in [0.05, 0.1) is 0 Å². The second-order valence-electron chi connectivity index (χ2n) is 7.13. The zero-order valence-electron chi connectivity index (χ0n) is 15.1. The van der Waals surface area contributed by atoms with Crippen LogP contribution in [-0.4, -0.2) is 43.6 Å². The number of hydrogen-bond donors (Lipinski definition) is 1. The number of rotatable bonds is 3. The summed E-state index contributed by atoms with van der Waals surface area (Å²) in [5.74, 6) is 1.32. The Bertz CT molecular complexity index is 585. The summed E-state index contributed by atoms with van der Waals surface area (Å²) in [6, 6.07) is 6.13. The maximum absolute atomic E-state index is 6.23. The molecule has 0 aliphatic carbocycles. The molecule has 2 saturated heterocycles. The van der Waals surface area contributed by atoms with Crippen LogP contribution in [-0.2, 0) is 0 Å². The highest BCUT2D eigenvalue weighted by Gasteiger charge is 2.24. The second kappa shape index (κ2) is 9.86. The van der Waals surface area contributed by atoms with Crippen molar-refractivity contribution in [3.8, 4) is 0 Å². The monoisotopic (exact) mass is 476 g/mol. The number of aliphatic imine (C=N–C) groups is 1. The Balaban J connectivity index is 0.00000225. The van der Waals surface area contributed by atoms with Crippen LogP contribution in [0.1, 0.15) is 37.7 Å². The molecule has 0 amide bonds. The van der Waals surface area contributed by atoms with Gasteiger partial charge >= 0.3 is 0 Å². The van der Waals surface area contributed by atoms with E-state index in [1.165, 1.54) is 43.4 Å². The second-order valence-corrected chi connectivity index (χ2v) is 7.57. The van der Waals surface area contributed by atoms with Crippen LogP contribution in [0.2, 0.25) is 5.02 Å². The predicted molar refractivity (Wildman–Crippen MR) is 118 cm³/mol. The molecule has 0 aromatic heterocycles. The molecule has 1 unspecified atom stereocenters. The van der Waals surface area contributed by atoms with E-state index in [1.807, 2.05) is 6.07 Å². The standard InChI is InChI=1S/C19H29ClN4.HI/c1-15-6-7-17(20)12-18(15)24-11-8-16(14-24)13-22-19(21)23-9-4-2-3-5-10-23;/h6-7,12,16H,2-5,8-11,13-14H2,1H3,(H2,21,22);1H. The lowest BCUT2D eigenvalue weighted by Crippen LogP contribution is -2.38. The fraction of sp³-hybridized carbons (Fsp3) is 0.632. The van der Waals surface area contributed by atoms with Crippen LogP contribution in [0.5, 0.6) is 0 Å². The van der Waals surface area contributed by atoms with Crippen molar-refractivity contribution in [1.29, 1.82) is 0 Å². The normalized spacial score (nSPS) is 21.8. The molecule has 2 aliphatic rings. The Morgan fingerprint density at radius 3 is 2.64 bits per heavy atom. The molecule has 6 heteroatoms. The maximum atomic E-state index is 6.23. The van der Waals surface area contributed by atoms with E-state index in [2.05, 4.69) is 28.9 Å². The van der Waals surface area contributed by atoms with Crippen molar-refractivity contribution < 1.29 is 0 Å². The highest BCUT2D eigenvalue weighted by Crippen LogP contribution is 2.29. The molecule has 1 atom stereocenters. The molecule has 0 saturated carbocycles. The summed E-state index contributed by atoms with van der Waals surface area (Å²) in [5, 5.41) is 0.808. The lowest BCUT2D eigenvalue weighted by atomic mass is 10.1. The number of likely N-dealkylation sites (tertiary alicyclic amines) is 1. The number of anilines is 1. The number of guanidine groups is 1. The molecule has 0 radical (unpaired) electrons. The third-order valence-electron chi connectivity index (χ3n) is 5.24. The average Bonchev–Trinajstić information content (AvgIpc) is 2.87. The van der Waals surface area contributed by atoms with Crippen LogP contribution in [0, 0.1) is 12.8 Å². The number of nitrogens with two attached hydrogens (primary N) is 1. The molecular weight excluding hydrogens is 447 g/mol. The number of hydrogen-bond acceptors (Lipinski definition) is 2. The summed E-state index contributed by atoms with van der Waals surface area (Å²) in [4.78, 5) is 9.41. The van der Waals surface area contributed by atoms with E-state index >= 15 is 0 Å². The van der Waals surface area contributed by atoms with Gasteiger partial charge in [0.25, 0.3) is 0 Å². The molecule has 2 aliphatic heterocycles. The van der Waals surface area contributed by atoms with Gasteiger partial charge in [0, 0.05) is 43.4 Å². The summed E-state index contributed by atoms with van der Waals surface area (Å²) >= 11 is 6.16. The molecule has 4 nitrogen and oxygen atoms in total. The Hall–Kier alpha value is -0.690. The first kappa shape index (κ1) is 20.6. The summed E-state index contributed by atoms with van der Waals surface area (Å²) in [6.45, 7) is 7.22. The van der Waals surface area contributed by atoms with Crippen molar-refractivity contribution in [2.75, 3.05) is 37.6 Å². The topological polar surface area (TPSA) is 44.9 Å². The first-order valence-corrected chi connectivity index (χ1v) is 9.57. The van der Waals surface area contributed by atoms with Gasteiger partial charge in [-0.05, 0) is 49.8 Å². The van der Waals surface area contributed by atoms with Gasteiger partial charge in [0.2, 0.25) is 0 Å². The SMILES string of the molecule is Cc1ccc(Cl)cc1N1CCC(CN=C(N)N2CCCCCC2)C1.I. The van der Waals surface area contributed by atoms with Crippen molar-refractivity contribution in [3.05, 3.63) is 28.8 Å². The van der Waals surface area contributed by atoms with Crippen LogP contribution in [0.3, 0.4) is 0 Å². The van der Waals surface area contributed by atoms with Gasteiger partial charge in [-0.3, -0.25) is 4.99 Å². The van der Waals surface area contributed by atoms with Crippen molar-refractivity contribution in [2.24, 2.45) is 16.6 Å². The molecule has 2 heterocycles. The third-order valence-corrected chi connectivity index (χ3v) is 5.47. The number of nitrogens with zero attached hydrogens (tertiary/aromatic N) is 3. The number of aryl methyl sites for hydroxylation is 1. The van der Waals surface area contributed by atoms with Gasteiger partial charge in [-0.15, -0.1) is 24.0 Å². The first-order chi connectivity index (χ1) is 11.6. The minimum Gasteiger partial charge on any atom is -0.371 e. The Morgan fingerprint density at radius 2 is 1.92 bits per heavy atom. The van der Waals surface area contributed by atoms with Gasteiger partial charge in [-0.2, -0.15) is 0 Å². The Labute approximate surface area is 173 Å². The quantitative estimate of drug-likeness (QED) is 0.402. The lowest BCUT2D eigenvalue weighted by Gasteiger charge is -2.22. The number of halogens is 2. The molecule has 0 spiro atoms. The van der Waals surface area contributed by atoms with Gasteiger partial charge in [-0.1, -0.05) is 30.5 Å². The fourth-order valence-electron chi connectivity index (χ4n) is 3.75. The third kappa shape index (κ3) is 5.64. The predicted octanol–water partition coefficient (Wildman–Crippen LogP) is 4.28. The Morgan fingerprint density at radius 1 is 1.20 bits per heavy atom. The van der Waals surface area contributed by atoms with E-state index in [9.17, 15) is 0 Å². The molecule has 3 rings (SSSR count). The molecular formula is C19H30ClIN4. The van der Waals surface area contributed by atoms with Crippen molar-refractivity contribution in [3.63, 3.8) is 0 Å². The van der Waals surface area contributed by atoms with Gasteiger partial charge < -0.3 is 15.5 Å².